The van der Waals surface area contributed by atoms with E-state index in [1.54, 1.807) is 26.0 Å². The number of nitrogens with one attached hydrogen (secondary N) is 2. The van der Waals surface area contributed by atoms with Gasteiger partial charge in [0.15, 0.2) is 0 Å². The number of carbonyl (C=O) groups is 2. The van der Waals surface area contributed by atoms with E-state index in [2.05, 4.69) is 33.2 Å². The zero-order chi connectivity index (χ0) is 21.0. The van der Waals surface area contributed by atoms with Gasteiger partial charge in [0.05, 0.1) is 19.7 Å². The number of benzene rings is 2. The largest absolute Gasteiger partial charge is 0.496 e. The summed E-state index contributed by atoms with van der Waals surface area (Å²) in [4.78, 5) is 27.7. The van der Waals surface area contributed by atoms with Crippen molar-refractivity contribution in [2.45, 2.75) is 38.4 Å². The molecular formula is C22H27ClIN3O3. The first-order valence-corrected chi connectivity index (χ1v) is 10.7. The van der Waals surface area contributed by atoms with E-state index in [1.807, 2.05) is 42.5 Å². The molecule has 2 aromatic rings. The van der Waals surface area contributed by atoms with Crippen LogP contribution in [0.1, 0.15) is 24.5 Å². The summed E-state index contributed by atoms with van der Waals surface area (Å²) in [5.41, 5.74) is 2.92. The van der Waals surface area contributed by atoms with Crippen LogP contribution < -0.4 is 20.3 Å². The van der Waals surface area contributed by atoms with Gasteiger partial charge in [0.2, 0.25) is 11.8 Å². The number of rotatable bonds is 6. The number of likely N-dealkylation sites (N-methyl/N-ethyl adjacent to an activating group) is 1. The summed E-state index contributed by atoms with van der Waals surface area (Å²) in [7, 11) is 3.36. The van der Waals surface area contributed by atoms with Gasteiger partial charge in [0.25, 0.3) is 0 Å². The van der Waals surface area contributed by atoms with Gasteiger partial charge in [-0.05, 0) is 79.2 Å². The third kappa shape index (κ3) is 5.44. The molecule has 0 fully saturated rings. The van der Waals surface area contributed by atoms with E-state index in [-0.39, 0.29) is 30.3 Å². The van der Waals surface area contributed by atoms with Crippen molar-refractivity contribution in [1.82, 2.24) is 10.6 Å². The summed E-state index contributed by atoms with van der Waals surface area (Å²) in [5, 5.41) is 5.84. The SMILES string of the molecule is CN[C@@H](C)C(=O)N[C@H]1CCc2ccccc2N(Cc2cc(I)ccc2OC)C1=O.Cl. The van der Waals surface area contributed by atoms with E-state index in [0.717, 1.165) is 32.6 Å². The normalized spacial score (nSPS) is 16.7. The second kappa shape index (κ2) is 11.0. The quantitative estimate of drug-likeness (QED) is 0.549. The monoisotopic (exact) mass is 543 g/mol. The number of carbonyl (C=O) groups excluding carboxylic acids is 2. The Morgan fingerprint density at radius 3 is 2.73 bits per heavy atom. The second-order valence-electron chi connectivity index (χ2n) is 7.12. The summed E-state index contributed by atoms with van der Waals surface area (Å²) < 4.78 is 6.59. The zero-order valence-corrected chi connectivity index (χ0v) is 20.2. The average Bonchev–Trinajstić information content (AvgIpc) is 2.85. The molecule has 1 heterocycles. The van der Waals surface area contributed by atoms with Crippen LogP contribution in [-0.2, 0) is 22.6 Å². The Balaban J connectivity index is 0.00000320. The van der Waals surface area contributed by atoms with Gasteiger partial charge in [-0.25, -0.2) is 0 Å². The van der Waals surface area contributed by atoms with Crippen molar-refractivity contribution in [3.05, 3.63) is 57.2 Å². The first kappa shape index (κ1) is 24.4. The van der Waals surface area contributed by atoms with Crippen molar-refractivity contribution >= 4 is 52.5 Å². The van der Waals surface area contributed by atoms with E-state index in [0.29, 0.717) is 13.0 Å². The van der Waals surface area contributed by atoms with Crippen LogP contribution in [0.2, 0.25) is 0 Å². The van der Waals surface area contributed by atoms with Gasteiger partial charge in [-0.2, -0.15) is 0 Å². The first-order chi connectivity index (χ1) is 13.9. The Hall–Kier alpha value is -1.84. The highest BCUT2D eigenvalue weighted by molar-refractivity contribution is 14.1. The summed E-state index contributed by atoms with van der Waals surface area (Å²) in [6.07, 6.45) is 1.29. The molecule has 0 aromatic heterocycles. The molecule has 0 aliphatic carbocycles. The Bertz CT molecular complexity index is 909. The van der Waals surface area contributed by atoms with Gasteiger partial charge in [-0.1, -0.05) is 18.2 Å². The summed E-state index contributed by atoms with van der Waals surface area (Å²) in [6.45, 7) is 2.16. The number of amides is 2. The van der Waals surface area contributed by atoms with Crippen LogP contribution in [0.25, 0.3) is 0 Å². The van der Waals surface area contributed by atoms with E-state index in [4.69, 9.17) is 4.74 Å². The van der Waals surface area contributed by atoms with Crippen LogP contribution in [0.3, 0.4) is 0 Å². The van der Waals surface area contributed by atoms with Crippen molar-refractivity contribution in [3.8, 4) is 5.75 Å². The molecule has 2 atom stereocenters. The smallest absolute Gasteiger partial charge is 0.249 e. The highest BCUT2D eigenvalue weighted by Gasteiger charge is 2.32. The highest BCUT2D eigenvalue weighted by atomic mass is 127. The molecule has 0 saturated carbocycles. The number of hydrogen-bond acceptors (Lipinski definition) is 4. The number of para-hydroxylation sites is 1. The van der Waals surface area contributed by atoms with Crippen LogP contribution >= 0.6 is 35.0 Å². The minimum Gasteiger partial charge on any atom is -0.496 e. The third-order valence-corrected chi connectivity index (χ3v) is 5.93. The molecule has 2 N–H and O–H groups in total. The van der Waals surface area contributed by atoms with E-state index >= 15 is 0 Å². The molecule has 162 valence electrons. The van der Waals surface area contributed by atoms with Crippen molar-refractivity contribution in [2.75, 3.05) is 19.1 Å². The van der Waals surface area contributed by atoms with Crippen LogP contribution in [0.15, 0.2) is 42.5 Å². The molecular weight excluding hydrogens is 517 g/mol. The number of methoxy groups -OCH3 is 1. The van der Waals surface area contributed by atoms with Gasteiger partial charge < -0.3 is 20.3 Å². The Kier molecular flexibility index (Phi) is 8.93. The van der Waals surface area contributed by atoms with Gasteiger partial charge in [0, 0.05) is 14.8 Å². The molecule has 0 unspecified atom stereocenters. The summed E-state index contributed by atoms with van der Waals surface area (Å²) in [6, 6.07) is 12.9. The molecule has 3 rings (SSSR count). The maximum Gasteiger partial charge on any atom is 0.249 e. The van der Waals surface area contributed by atoms with Crippen LogP contribution in [0.4, 0.5) is 5.69 Å². The number of ether oxygens (including phenoxy) is 1. The number of anilines is 1. The predicted molar refractivity (Wildman–Crippen MR) is 129 cm³/mol. The molecule has 0 radical (unpaired) electrons. The van der Waals surface area contributed by atoms with E-state index < -0.39 is 6.04 Å². The summed E-state index contributed by atoms with van der Waals surface area (Å²) >= 11 is 2.25. The lowest BCUT2D eigenvalue weighted by Gasteiger charge is -2.27. The standard InChI is InChI=1S/C22H26IN3O3.ClH/c1-14(24-2)21(27)25-18-10-8-15-6-4-5-7-19(15)26(22(18)28)13-16-12-17(23)9-11-20(16)29-3;/h4-7,9,11-12,14,18,24H,8,10,13H2,1-3H3,(H,25,27);1H/t14-,18-;/m0./s1. The molecule has 1 aliphatic heterocycles. The average molecular weight is 544 g/mol. The fourth-order valence-electron chi connectivity index (χ4n) is 3.48. The van der Waals surface area contributed by atoms with Crippen LogP contribution in [0.5, 0.6) is 5.75 Å². The molecule has 0 spiro atoms. The molecule has 30 heavy (non-hydrogen) atoms. The molecule has 1 aliphatic rings. The Morgan fingerprint density at radius 2 is 2.03 bits per heavy atom. The van der Waals surface area contributed by atoms with Gasteiger partial charge in [-0.15, -0.1) is 12.4 Å². The predicted octanol–water partition coefficient (Wildman–Crippen LogP) is 3.29. The minimum absolute atomic E-state index is 0. The second-order valence-corrected chi connectivity index (χ2v) is 8.37. The maximum absolute atomic E-state index is 13.5. The maximum atomic E-state index is 13.5. The third-order valence-electron chi connectivity index (χ3n) is 5.26. The molecule has 8 heteroatoms. The first-order valence-electron chi connectivity index (χ1n) is 9.64. The van der Waals surface area contributed by atoms with Crippen LogP contribution in [0, 0.1) is 3.57 Å². The van der Waals surface area contributed by atoms with E-state index in [9.17, 15) is 9.59 Å². The van der Waals surface area contributed by atoms with Gasteiger partial charge in [-0.3, -0.25) is 9.59 Å². The Morgan fingerprint density at radius 1 is 1.30 bits per heavy atom. The van der Waals surface area contributed by atoms with Crippen molar-refractivity contribution in [3.63, 3.8) is 0 Å². The lowest BCUT2D eigenvalue weighted by atomic mass is 10.1. The minimum atomic E-state index is -0.570. The number of nitrogens with zero attached hydrogens (tertiary/aromatic N) is 1. The fourth-order valence-corrected chi connectivity index (χ4v) is 4.04. The molecule has 6 nitrogen and oxygen atoms in total. The van der Waals surface area contributed by atoms with Gasteiger partial charge in [0.1, 0.15) is 11.8 Å². The number of aryl methyl sites for hydroxylation is 1. The molecule has 0 saturated heterocycles. The van der Waals surface area contributed by atoms with Crippen molar-refractivity contribution in [1.29, 1.82) is 0 Å². The number of hydrogen-bond donors (Lipinski definition) is 2. The lowest BCUT2D eigenvalue weighted by Crippen LogP contribution is -2.52. The lowest BCUT2D eigenvalue weighted by molar-refractivity contribution is -0.128. The van der Waals surface area contributed by atoms with Crippen LogP contribution in [-0.4, -0.2) is 38.1 Å². The fraction of sp³-hybridized carbons (Fsp3) is 0.364. The number of halogens is 2. The van der Waals surface area contributed by atoms with Crippen molar-refractivity contribution in [2.24, 2.45) is 0 Å². The zero-order valence-electron chi connectivity index (χ0n) is 17.3. The topological polar surface area (TPSA) is 70.7 Å². The summed E-state index contributed by atoms with van der Waals surface area (Å²) in [5.74, 6) is 0.459. The Labute approximate surface area is 197 Å². The molecule has 0 bridgehead atoms. The van der Waals surface area contributed by atoms with Crippen molar-refractivity contribution < 1.29 is 14.3 Å². The number of fused-ring (bicyclic) bond motifs is 1. The highest BCUT2D eigenvalue weighted by Crippen LogP contribution is 2.31. The molecule has 2 amide bonds. The van der Waals surface area contributed by atoms with E-state index in [1.165, 1.54) is 0 Å². The van der Waals surface area contributed by atoms with Gasteiger partial charge >= 0.3 is 0 Å². The molecule has 2 aromatic carbocycles.